The van der Waals surface area contributed by atoms with Gasteiger partial charge < -0.3 is 14.6 Å². The molecule has 1 unspecified atom stereocenters. The first kappa shape index (κ1) is 26.8. The Morgan fingerprint density at radius 2 is 1.89 bits per heavy atom. The summed E-state index contributed by atoms with van der Waals surface area (Å²) in [6, 6.07) is 9.11. The van der Waals surface area contributed by atoms with Gasteiger partial charge in [0.1, 0.15) is 0 Å². The van der Waals surface area contributed by atoms with Crippen LogP contribution in [0, 0.1) is 11.7 Å². The van der Waals surface area contributed by atoms with E-state index in [-0.39, 0.29) is 28.1 Å². The summed E-state index contributed by atoms with van der Waals surface area (Å²) in [7, 11) is 0. The molecule has 1 N–H and O–H groups in total. The van der Waals surface area contributed by atoms with Crippen LogP contribution < -0.4 is 10.1 Å². The van der Waals surface area contributed by atoms with E-state index in [1.54, 1.807) is 23.6 Å². The number of thioether (sulfide) groups is 1. The van der Waals surface area contributed by atoms with E-state index in [9.17, 15) is 22.4 Å². The van der Waals surface area contributed by atoms with Crippen LogP contribution in [0.3, 0.4) is 0 Å². The van der Waals surface area contributed by atoms with Crippen LogP contribution in [0.4, 0.5) is 23.2 Å². The number of hydrogen-bond donors (Lipinski definition) is 1. The van der Waals surface area contributed by atoms with Gasteiger partial charge in [-0.2, -0.15) is 13.2 Å². The van der Waals surface area contributed by atoms with Crippen LogP contribution in [0.5, 0.6) is 5.75 Å². The van der Waals surface area contributed by atoms with Crippen LogP contribution in [-0.2, 0) is 17.5 Å². The predicted molar refractivity (Wildman–Crippen MR) is 126 cm³/mol. The third-order valence-electron chi connectivity index (χ3n) is 4.69. The molecule has 2 aromatic carbocycles. The molecule has 35 heavy (non-hydrogen) atoms. The van der Waals surface area contributed by atoms with E-state index in [0.717, 1.165) is 23.9 Å². The van der Waals surface area contributed by atoms with E-state index >= 15 is 0 Å². The van der Waals surface area contributed by atoms with Crippen molar-refractivity contribution in [1.82, 2.24) is 14.8 Å². The van der Waals surface area contributed by atoms with Crippen LogP contribution in [0.15, 0.2) is 47.6 Å². The number of anilines is 1. The van der Waals surface area contributed by atoms with Crippen molar-refractivity contribution in [3.05, 3.63) is 64.7 Å². The van der Waals surface area contributed by atoms with Crippen LogP contribution in [0.25, 0.3) is 0 Å². The standard InChI is InChI=1S/C23H23ClF4N4O2S/c1-13(2)11-32-21(14(3)34-19-7-5-4-6-17(19)25)30-31-22(32)35-12-20(33)29-18-9-8-15(24)10-16(18)23(26,27)28/h4-10,13-14H,11-12H2,1-3H3,(H,29,33). The van der Waals surface area contributed by atoms with Crippen molar-refractivity contribution < 1.29 is 27.1 Å². The molecule has 0 fully saturated rings. The number of nitrogens with one attached hydrogen (secondary N) is 1. The second kappa shape index (κ2) is 11.3. The molecular weight excluding hydrogens is 508 g/mol. The fraction of sp³-hybridized carbons (Fsp3) is 0.348. The van der Waals surface area contributed by atoms with Gasteiger partial charge >= 0.3 is 6.18 Å². The molecule has 1 amide bonds. The Morgan fingerprint density at radius 1 is 1.17 bits per heavy atom. The minimum Gasteiger partial charge on any atom is -0.480 e. The molecular formula is C23H23ClF4N4O2S. The Labute approximate surface area is 209 Å². The summed E-state index contributed by atoms with van der Waals surface area (Å²) in [4.78, 5) is 12.4. The van der Waals surface area contributed by atoms with E-state index in [2.05, 4.69) is 15.5 Å². The smallest absolute Gasteiger partial charge is 0.418 e. The average molecular weight is 531 g/mol. The maximum atomic E-state index is 14.0. The van der Waals surface area contributed by atoms with Crippen molar-refractivity contribution in [2.45, 2.75) is 44.8 Å². The normalized spacial score (nSPS) is 12.6. The monoisotopic (exact) mass is 530 g/mol. The molecule has 3 rings (SSSR count). The molecule has 1 atom stereocenters. The van der Waals surface area contributed by atoms with E-state index in [1.807, 2.05) is 13.8 Å². The van der Waals surface area contributed by atoms with Gasteiger partial charge in [0.2, 0.25) is 5.91 Å². The third kappa shape index (κ3) is 7.11. The summed E-state index contributed by atoms with van der Waals surface area (Å²) in [5.41, 5.74) is -1.42. The maximum absolute atomic E-state index is 14.0. The highest BCUT2D eigenvalue weighted by molar-refractivity contribution is 7.99. The molecule has 0 radical (unpaired) electrons. The summed E-state index contributed by atoms with van der Waals surface area (Å²) >= 11 is 6.70. The van der Waals surface area contributed by atoms with Crippen molar-refractivity contribution in [2.24, 2.45) is 5.92 Å². The molecule has 188 valence electrons. The maximum Gasteiger partial charge on any atom is 0.418 e. The summed E-state index contributed by atoms with van der Waals surface area (Å²) in [5, 5.41) is 10.9. The van der Waals surface area contributed by atoms with Crippen molar-refractivity contribution in [3.8, 4) is 5.75 Å². The highest BCUT2D eigenvalue weighted by Gasteiger charge is 2.34. The van der Waals surface area contributed by atoms with E-state index in [4.69, 9.17) is 16.3 Å². The van der Waals surface area contributed by atoms with Gasteiger partial charge in [-0.3, -0.25) is 4.79 Å². The Bertz CT molecular complexity index is 1190. The lowest BCUT2D eigenvalue weighted by Crippen LogP contribution is -2.19. The summed E-state index contributed by atoms with van der Waals surface area (Å²) in [6.07, 6.45) is -5.33. The predicted octanol–water partition coefficient (Wildman–Crippen LogP) is 6.62. The lowest BCUT2D eigenvalue weighted by molar-refractivity contribution is -0.137. The van der Waals surface area contributed by atoms with Crippen LogP contribution in [-0.4, -0.2) is 26.4 Å². The Morgan fingerprint density at radius 3 is 2.54 bits per heavy atom. The van der Waals surface area contributed by atoms with E-state index < -0.39 is 29.6 Å². The quantitative estimate of drug-likeness (QED) is 0.249. The van der Waals surface area contributed by atoms with Crippen molar-refractivity contribution in [3.63, 3.8) is 0 Å². The summed E-state index contributed by atoms with van der Waals surface area (Å²) in [5.74, 6) is -0.696. The zero-order valence-electron chi connectivity index (χ0n) is 19.1. The van der Waals surface area contributed by atoms with Crippen molar-refractivity contribution in [1.29, 1.82) is 0 Å². The highest BCUT2D eigenvalue weighted by Crippen LogP contribution is 2.36. The third-order valence-corrected chi connectivity index (χ3v) is 5.89. The number of hydrogen-bond acceptors (Lipinski definition) is 5. The highest BCUT2D eigenvalue weighted by atomic mass is 35.5. The second-order valence-corrected chi connectivity index (χ2v) is 9.44. The number of rotatable bonds is 9. The SMILES string of the molecule is CC(C)Cn1c(SCC(=O)Nc2ccc(Cl)cc2C(F)(F)F)nnc1C(C)Oc1ccccc1F. The molecule has 0 aliphatic rings. The Balaban J connectivity index is 1.74. The van der Waals surface area contributed by atoms with Gasteiger partial charge in [0.05, 0.1) is 17.0 Å². The number of halogens is 5. The zero-order chi connectivity index (χ0) is 25.8. The number of nitrogens with zero attached hydrogens (tertiary/aromatic N) is 3. The first-order valence-corrected chi connectivity index (χ1v) is 12.0. The molecule has 0 bridgehead atoms. The van der Waals surface area contributed by atoms with E-state index in [1.165, 1.54) is 18.2 Å². The fourth-order valence-electron chi connectivity index (χ4n) is 3.20. The largest absolute Gasteiger partial charge is 0.480 e. The minimum atomic E-state index is -4.68. The molecule has 12 heteroatoms. The first-order chi connectivity index (χ1) is 16.5. The van der Waals surface area contributed by atoms with Gasteiger partial charge in [0, 0.05) is 11.6 Å². The number of alkyl halides is 3. The lowest BCUT2D eigenvalue weighted by atomic mass is 10.1. The number of para-hydroxylation sites is 1. The first-order valence-electron chi connectivity index (χ1n) is 10.6. The van der Waals surface area contributed by atoms with Gasteiger partial charge in [-0.05, 0) is 43.2 Å². The van der Waals surface area contributed by atoms with Crippen LogP contribution in [0.1, 0.15) is 38.3 Å². The van der Waals surface area contributed by atoms with Gasteiger partial charge in [-0.25, -0.2) is 4.39 Å². The summed E-state index contributed by atoms with van der Waals surface area (Å²) in [6.45, 7) is 6.15. The van der Waals surface area contributed by atoms with Gasteiger partial charge in [0.15, 0.2) is 28.7 Å². The molecule has 0 aliphatic carbocycles. The Hall–Kier alpha value is -2.79. The number of ether oxygens (including phenoxy) is 1. The Kier molecular flexibility index (Phi) is 8.65. The van der Waals surface area contributed by atoms with Crippen molar-refractivity contribution >= 4 is 35.0 Å². The topological polar surface area (TPSA) is 69.0 Å². The number of benzene rings is 2. The number of aromatic nitrogens is 3. The van der Waals surface area contributed by atoms with Crippen molar-refractivity contribution in [2.75, 3.05) is 11.1 Å². The number of carbonyl (C=O) groups excluding carboxylic acids is 1. The lowest BCUT2D eigenvalue weighted by Gasteiger charge is -2.18. The molecule has 0 spiro atoms. The van der Waals surface area contributed by atoms with Crippen LogP contribution in [0.2, 0.25) is 5.02 Å². The molecule has 0 saturated carbocycles. The van der Waals surface area contributed by atoms with Gasteiger partial charge in [-0.1, -0.05) is 49.3 Å². The summed E-state index contributed by atoms with van der Waals surface area (Å²) < 4.78 is 61.4. The van der Waals surface area contributed by atoms with Gasteiger partial charge in [0.25, 0.3) is 0 Å². The molecule has 1 heterocycles. The van der Waals surface area contributed by atoms with Gasteiger partial charge in [-0.15, -0.1) is 10.2 Å². The molecule has 6 nitrogen and oxygen atoms in total. The molecule has 0 aliphatic heterocycles. The number of carbonyl (C=O) groups is 1. The minimum absolute atomic E-state index is 0.0658. The zero-order valence-corrected chi connectivity index (χ0v) is 20.6. The van der Waals surface area contributed by atoms with E-state index in [0.29, 0.717) is 17.5 Å². The molecule has 3 aromatic rings. The fourth-order valence-corrected chi connectivity index (χ4v) is 4.13. The second-order valence-electron chi connectivity index (χ2n) is 8.06. The number of amides is 1. The molecule has 0 saturated heterocycles. The van der Waals surface area contributed by atoms with Crippen LogP contribution >= 0.6 is 23.4 Å². The molecule has 1 aromatic heterocycles. The average Bonchev–Trinajstić information content (AvgIpc) is 3.16.